The predicted molar refractivity (Wildman–Crippen MR) is 168 cm³/mol. The van der Waals surface area contributed by atoms with Crippen molar-refractivity contribution in [2.45, 2.75) is 43.7 Å². The molecule has 0 aliphatic carbocycles. The second-order valence-electron chi connectivity index (χ2n) is 8.50. The number of nitrogens with one attached hydrogen (secondary N) is 2. The normalized spacial score (nSPS) is 10.8. The minimum absolute atomic E-state index is 0.0806. The molecule has 43 heavy (non-hydrogen) atoms. The first kappa shape index (κ1) is 32.1. The van der Waals surface area contributed by atoms with Crippen LogP contribution < -0.4 is 24.8 Å². The van der Waals surface area contributed by atoms with Gasteiger partial charge in [-0.15, -0.1) is 20.4 Å². The molecule has 12 nitrogen and oxygen atoms in total. The second kappa shape index (κ2) is 16.1. The Morgan fingerprint density at radius 1 is 0.884 bits per heavy atom. The molecule has 0 spiro atoms. The van der Waals surface area contributed by atoms with Crippen LogP contribution in [0.5, 0.6) is 17.2 Å². The number of nitrogens with zero attached hydrogens (tertiary/aromatic N) is 5. The zero-order chi connectivity index (χ0) is 30.6. The summed E-state index contributed by atoms with van der Waals surface area (Å²) < 4.78 is 19.9. The predicted octanol–water partition coefficient (Wildman–Crippen LogP) is 5.09. The summed E-state index contributed by atoms with van der Waals surface area (Å²) in [5.74, 6) is 2.19. The quantitative estimate of drug-likeness (QED) is 0.125. The number of thioether (sulfide) groups is 2. The molecule has 0 aliphatic rings. The molecule has 4 aromatic rings. The van der Waals surface area contributed by atoms with E-state index in [4.69, 9.17) is 14.2 Å². The van der Waals surface area contributed by atoms with E-state index in [0.717, 1.165) is 15.8 Å². The molecule has 0 bridgehead atoms. The van der Waals surface area contributed by atoms with Gasteiger partial charge in [0.25, 0.3) is 5.91 Å². The first-order valence-electron chi connectivity index (χ1n) is 13.7. The van der Waals surface area contributed by atoms with Crippen LogP contribution in [0.15, 0.2) is 52.0 Å². The van der Waals surface area contributed by atoms with Crippen molar-refractivity contribution in [3.8, 4) is 22.9 Å². The zero-order valence-electron chi connectivity index (χ0n) is 24.3. The fraction of sp³-hybridized carbons (Fsp3) is 0.357. The molecule has 0 aliphatic heterocycles. The van der Waals surface area contributed by atoms with E-state index in [1.807, 2.05) is 62.6 Å². The lowest BCUT2D eigenvalue weighted by Crippen LogP contribution is -2.25. The molecule has 2 aromatic heterocycles. The fourth-order valence-electron chi connectivity index (χ4n) is 3.85. The molecule has 0 radical (unpaired) electrons. The maximum atomic E-state index is 13.3. The number of aromatic nitrogens is 5. The maximum absolute atomic E-state index is 13.3. The first-order chi connectivity index (χ1) is 21.0. The smallest absolute Gasteiger partial charge is 0.251 e. The topological polar surface area (TPSA) is 142 Å². The molecule has 15 heteroatoms. The largest absolute Gasteiger partial charge is 0.490 e. The van der Waals surface area contributed by atoms with Crippen LogP contribution in [0.3, 0.4) is 0 Å². The van der Waals surface area contributed by atoms with E-state index in [9.17, 15) is 9.59 Å². The van der Waals surface area contributed by atoms with Gasteiger partial charge < -0.3 is 19.5 Å². The molecule has 228 valence electrons. The average Bonchev–Trinajstić information content (AvgIpc) is 3.63. The zero-order valence-corrected chi connectivity index (χ0v) is 26.7. The SMILES string of the molecule is CCOc1cc(C(=O)NCc2nnc(SCC(=O)Nc3nnc(SCC)s3)n2-c2ccccc2)cc(OCC)c1OCC. The maximum Gasteiger partial charge on any atom is 0.251 e. The van der Waals surface area contributed by atoms with Crippen molar-refractivity contribution in [1.82, 2.24) is 30.3 Å². The van der Waals surface area contributed by atoms with Crippen LogP contribution in [-0.2, 0) is 11.3 Å². The second-order valence-corrected chi connectivity index (χ2v) is 11.9. The number of benzene rings is 2. The van der Waals surface area contributed by atoms with E-state index in [1.165, 1.54) is 23.1 Å². The van der Waals surface area contributed by atoms with Gasteiger partial charge >= 0.3 is 0 Å². The standard InChI is InChI=1S/C28H33N7O5S3/c1-5-38-20-14-18(15-21(39-6-2)24(20)40-7-3)25(37)29-16-22-31-33-27(35(22)19-12-10-9-11-13-19)42-17-23(36)30-26-32-34-28(43-26)41-8-4/h9-15H,5-8,16-17H2,1-4H3,(H,29,37)(H,30,32,36). The van der Waals surface area contributed by atoms with Crippen LogP contribution >= 0.6 is 34.9 Å². The van der Waals surface area contributed by atoms with Gasteiger partial charge in [0.05, 0.1) is 32.1 Å². The highest BCUT2D eigenvalue weighted by Crippen LogP contribution is 2.39. The summed E-state index contributed by atoms with van der Waals surface area (Å²) in [4.78, 5) is 25.9. The van der Waals surface area contributed by atoms with Crippen LogP contribution in [0.25, 0.3) is 5.69 Å². The van der Waals surface area contributed by atoms with Crippen molar-refractivity contribution in [1.29, 1.82) is 0 Å². The van der Waals surface area contributed by atoms with E-state index in [-0.39, 0.29) is 24.1 Å². The molecule has 0 saturated heterocycles. The lowest BCUT2D eigenvalue weighted by molar-refractivity contribution is -0.113. The number of hydrogen-bond donors (Lipinski definition) is 2. The van der Waals surface area contributed by atoms with Gasteiger partial charge in [0, 0.05) is 11.3 Å². The third-order valence-corrected chi connectivity index (χ3v) is 8.33. The molecular weight excluding hydrogens is 611 g/mol. The lowest BCUT2D eigenvalue weighted by atomic mass is 10.1. The number of anilines is 1. The molecule has 2 N–H and O–H groups in total. The minimum atomic E-state index is -0.348. The van der Waals surface area contributed by atoms with Crippen LogP contribution in [-0.4, -0.2) is 68.1 Å². The van der Waals surface area contributed by atoms with Gasteiger partial charge in [-0.25, -0.2) is 0 Å². The van der Waals surface area contributed by atoms with Gasteiger partial charge in [-0.1, -0.05) is 60.0 Å². The molecule has 2 aromatic carbocycles. The fourth-order valence-corrected chi connectivity index (χ4v) is 6.29. The summed E-state index contributed by atoms with van der Waals surface area (Å²) in [6.45, 7) is 8.91. The van der Waals surface area contributed by atoms with Gasteiger partial charge in [-0.05, 0) is 50.8 Å². The monoisotopic (exact) mass is 643 g/mol. The van der Waals surface area contributed by atoms with Crippen LogP contribution in [0.4, 0.5) is 5.13 Å². The van der Waals surface area contributed by atoms with Crippen molar-refractivity contribution < 1.29 is 23.8 Å². The summed E-state index contributed by atoms with van der Waals surface area (Å²) in [7, 11) is 0. The molecule has 0 unspecified atom stereocenters. The average molecular weight is 644 g/mol. The van der Waals surface area contributed by atoms with Crippen molar-refractivity contribution in [3.63, 3.8) is 0 Å². The number of amides is 2. The van der Waals surface area contributed by atoms with Gasteiger partial charge in [-0.3, -0.25) is 19.5 Å². The highest BCUT2D eigenvalue weighted by Gasteiger charge is 2.21. The number of carbonyl (C=O) groups is 2. The minimum Gasteiger partial charge on any atom is -0.490 e. The lowest BCUT2D eigenvalue weighted by Gasteiger charge is -2.17. The highest BCUT2D eigenvalue weighted by molar-refractivity contribution is 8.01. The van der Waals surface area contributed by atoms with Crippen LogP contribution in [0.2, 0.25) is 0 Å². The van der Waals surface area contributed by atoms with Gasteiger partial charge in [-0.2, -0.15) is 0 Å². The van der Waals surface area contributed by atoms with Crippen molar-refractivity contribution in [2.24, 2.45) is 0 Å². The number of ether oxygens (including phenoxy) is 3. The van der Waals surface area contributed by atoms with Crippen molar-refractivity contribution in [3.05, 3.63) is 53.9 Å². The number of rotatable bonds is 16. The van der Waals surface area contributed by atoms with Crippen molar-refractivity contribution in [2.75, 3.05) is 36.6 Å². The van der Waals surface area contributed by atoms with E-state index >= 15 is 0 Å². The van der Waals surface area contributed by atoms with Gasteiger partial charge in [0.15, 0.2) is 26.8 Å². The van der Waals surface area contributed by atoms with E-state index in [0.29, 0.717) is 58.7 Å². The Kier molecular flexibility index (Phi) is 12.1. The van der Waals surface area contributed by atoms with E-state index < -0.39 is 0 Å². The Hall–Kier alpha value is -3.82. The summed E-state index contributed by atoms with van der Waals surface area (Å²) in [5.41, 5.74) is 1.15. The molecule has 0 fully saturated rings. The van der Waals surface area contributed by atoms with Crippen LogP contribution in [0.1, 0.15) is 43.9 Å². The molecule has 2 amide bonds. The Morgan fingerprint density at radius 3 is 2.23 bits per heavy atom. The Morgan fingerprint density at radius 2 is 1.58 bits per heavy atom. The molecular formula is C28H33N7O5S3. The molecule has 4 rings (SSSR count). The van der Waals surface area contributed by atoms with Gasteiger partial charge in [0.2, 0.25) is 16.8 Å². The summed E-state index contributed by atoms with van der Waals surface area (Å²) in [6.07, 6.45) is 0. The van der Waals surface area contributed by atoms with E-state index in [1.54, 1.807) is 23.9 Å². The number of carbonyl (C=O) groups excluding carboxylic acids is 2. The first-order valence-corrected chi connectivity index (χ1v) is 16.5. The number of para-hydroxylation sites is 1. The van der Waals surface area contributed by atoms with E-state index in [2.05, 4.69) is 31.0 Å². The number of hydrogen-bond acceptors (Lipinski definition) is 12. The summed E-state index contributed by atoms with van der Waals surface area (Å²) >= 11 is 4.13. The molecule has 2 heterocycles. The molecule has 0 atom stereocenters. The third kappa shape index (κ3) is 8.61. The third-order valence-electron chi connectivity index (χ3n) is 5.55. The Balaban J connectivity index is 1.50. The summed E-state index contributed by atoms with van der Waals surface area (Å²) in [5, 5.41) is 23.4. The molecule has 0 saturated carbocycles. The Labute approximate surface area is 262 Å². The van der Waals surface area contributed by atoms with Gasteiger partial charge in [0.1, 0.15) is 0 Å². The van der Waals surface area contributed by atoms with Crippen molar-refractivity contribution >= 4 is 51.8 Å². The van der Waals surface area contributed by atoms with Crippen LogP contribution in [0, 0.1) is 0 Å². The Bertz CT molecular complexity index is 1490. The summed E-state index contributed by atoms with van der Waals surface area (Å²) in [6, 6.07) is 12.8. The highest BCUT2D eigenvalue weighted by atomic mass is 32.2.